The van der Waals surface area contributed by atoms with Gasteiger partial charge in [-0.15, -0.1) is 0 Å². The summed E-state index contributed by atoms with van der Waals surface area (Å²) in [7, 11) is -3.72. The van der Waals surface area contributed by atoms with Crippen molar-refractivity contribution in [1.29, 1.82) is 0 Å². The molecule has 0 atom stereocenters. The molecule has 13 heteroatoms. The summed E-state index contributed by atoms with van der Waals surface area (Å²) in [6.45, 7) is 1.25. The second kappa shape index (κ2) is 9.95. The maximum atomic E-state index is 13.3. The van der Waals surface area contributed by atoms with Crippen LogP contribution < -0.4 is 4.72 Å². The van der Waals surface area contributed by atoms with Crippen molar-refractivity contribution in [2.75, 3.05) is 0 Å². The number of hydrogen-bond acceptors (Lipinski definition) is 5. The molecule has 1 fully saturated rings. The van der Waals surface area contributed by atoms with Gasteiger partial charge in [0.1, 0.15) is 0 Å². The predicted octanol–water partition coefficient (Wildman–Crippen LogP) is 5.75. The third-order valence-corrected chi connectivity index (χ3v) is 7.11. The highest BCUT2D eigenvalue weighted by Crippen LogP contribution is 2.38. The third kappa shape index (κ3) is 6.45. The Kier molecular flexibility index (Phi) is 7.19. The Bertz CT molecular complexity index is 1480. The number of nitrogens with zero attached hydrogens (tertiary/aromatic N) is 2. The highest BCUT2D eigenvalue weighted by Gasteiger charge is 2.37. The maximum Gasteiger partial charge on any atom is 0.416 e. The summed E-state index contributed by atoms with van der Waals surface area (Å²) >= 11 is 0. The monoisotopic (exact) mass is 555 g/mol. The van der Waals surface area contributed by atoms with Gasteiger partial charge in [0.2, 0.25) is 10.0 Å². The number of ketones is 1. The van der Waals surface area contributed by atoms with Crippen LogP contribution in [-0.2, 0) is 27.2 Å². The van der Waals surface area contributed by atoms with Crippen LogP contribution in [0.3, 0.4) is 0 Å². The summed E-state index contributed by atoms with van der Waals surface area (Å²) in [6.07, 6.45) is -6.14. The lowest BCUT2D eigenvalue weighted by Gasteiger charge is -2.14. The van der Waals surface area contributed by atoms with Crippen molar-refractivity contribution in [2.24, 2.45) is 0 Å². The second-order valence-corrected chi connectivity index (χ2v) is 10.3. The minimum Gasteiger partial charge on any atom is -0.294 e. The molecule has 1 heterocycles. The molecule has 1 N–H and O–H groups in total. The van der Waals surface area contributed by atoms with Crippen molar-refractivity contribution in [3.05, 3.63) is 77.1 Å². The molecule has 0 aliphatic heterocycles. The molecule has 0 bridgehead atoms. The molecule has 0 radical (unpaired) electrons. The highest BCUT2D eigenvalue weighted by atomic mass is 32.2. The van der Waals surface area contributed by atoms with E-state index in [0.29, 0.717) is 17.7 Å². The standard InChI is InChI=1S/C25H19F6N3O3S/c1-14(35)22(15-2-6-21(7-3-15)38(36,37)34-19-4-5-19)13-20-8-9-32-23(33-20)16-10-17(24(26,27)28)12-18(11-16)25(29,30)31/h2-3,6-13,19,34H,4-5H2,1H3/b22-13-. The number of allylic oxidation sites excluding steroid dienone is 1. The van der Waals surface area contributed by atoms with Gasteiger partial charge in [0.15, 0.2) is 11.6 Å². The summed E-state index contributed by atoms with van der Waals surface area (Å²) in [5.74, 6) is -0.846. The van der Waals surface area contributed by atoms with Crippen LogP contribution in [0.15, 0.2) is 59.6 Å². The highest BCUT2D eigenvalue weighted by molar-refractivity contribution is 7.89. The molecule has 1 aliphatic carbocycles. The van der Waals surface area contributed by atoms with Crippen LogP contribution >= 0.6 is 0 Å². The number of rotatable bonds is 7. The Morgan fingerprint density at radius 3 is 2.03 bits per heavy atom. The van der Waals surface area contributed by atoms with Crippen LogP contribution in [0.4, 0.5) is 26.3 Å². The molecule has 4 rings (SSSR count). The molecule has 38 heavy (non-hydrogen) atoms. The predicted molar refractivity (Wildman–Crippen MR) is 126 cm³/mol. The summed E-state index contributed by atoms with van der Waals surface area (Å²) in [5, 5.41) is 0. The van der Waals surface area contributed by atoms with Gasteiger partial charge >= 0.3 is 12.4 Å². The molecule has 1 aromatic heterocycles. The Morgan fingerprint density at radius 1 is 0.947 bits per heavy atom. The van der Waals surface area contributed by atoms with Crippen LogP contribution in [0.2, 0.25) is 0 Å². The zero-order valence-electron chi connectivity index (χ0n) is 19.6. The largest absolute Gasteiger partial charge is 0.416 e. The number of Topliss-reactive ketones (excluding diaryl/α,β-unsaturated/α-hetero) is 1. The topological polar surface area (TPSA) is 89.0 Å². The number of nitrogens with one attached hydrogen (secondary N) is 1. The van der Waals surface area contributed by atoms with E-state index in [2.05, 4.69) is 14.7 Å². The fourth-order valence-corrected chi connectivity index (χ4v) is 4.82. The minimum absolute atomic E-state index is 0.00499. The summed E-state index contributed by atoms with van der Waals surface area (Å²) < 4.78 is 107. The summed E-state index contributed by atoms with van der Waals surface area (Å²) in [5.41, 5.74) is -3.07. The Balaban J connectivity index is 1.71. The van der Waals surface area contributed by atoms with Crippen LogP contribution in [0.25, 0.3) is 23.0 Å². The zero-order chi connectivity index (χ0) is 27.9. The van der Waals surface area contributed by atoms with Crippen molar-refractivity contribution < 1.29 is 39.6 Å². The summed E-state index contributed by atoms with van der Waals surface area (Å²) in [6, 6.07) is 7.74. The van der Waals surface area contributed by atoms with Crippen molar-refractivity contribution in [3.8, 4) is 11.4 Å². The fourth-order valence-electron chi connectivity index (χ4n) is 3.51. The first kappa shape index (κ1) is 27.5. The molecule has 2 aromatic carbocycles. The number of sulfonamides is 1. The Labute approximate surface area is 213 Å². The van der Waals surface area contributed by atoms with Gasteiger partial charge in [-0.3, -0.25) is 4.79 Å². The van der Waals surface area contributed by atoms with Crippen molar-refractivity contribution in [1.82, 2.24) is 14.7 Å². The molecule has 0 spiro atoms. The van der Waals surface area contributed by atoms with Crippen LogP contribution in [0.1, 0.15) is 42.1 Å². The van der Waals surface area contributed by atoms with Crippen molar-refractivity contribution >= 4 is 27.5 Å². The molecule has 0 unspecified atom stereocenters. The van der Waals surface area contributed by atoms with Gasteiger partial charge in [0, 0.05) is 23.4 Å². The molecular weight excluding hydrogens is 536 g/mol. The van der Waals surface area contributed by atoms with Crippen LogP contribution in [-0.4, -0.2) is 30.2 Å². The summed E-state index contributed by atoms with van der Waals surface area (Å²) in [4.78, 5) is 20.2. The molecule has 200 valence electrons. The molecular formula is C25H19F6N3O3S. The van der Waals surface area contributed by atoms with Crippen LogP contribution in [0, 0.1) is 0 Å². The Morgan fingerprint density at radius 2 is 1.53 bits per heavy atom. The van der Waals surface area contributed by atoms with Gasteiger partial charge in [-0.2, -0.15) is 26.3 Å². The van der Waals surface area contributed by atoms with E-state index in [-0.39, 0.29) is 28.3 Å². The lowest BCUT2D eigenvalue weighted by molar-refractivity contribution is -0.143. The van der Waals surface area contributed by atoms with Gasteiger partial charge in [-0.25, -0.2) is 23.1 Å². The van der Waals surface area contributed by atoms with Gasteiger partial charge in [-0.1, -0.05) is 12.1 Å². The quantitative estimate of drug-likeness (QED) is 0.296. The molecule has 0 saturated heterocycles. The Hall–Kier alpha value is -3.58. The van der Waals surface area contributed by atoms with E-state index in [0.717, 1.165) is 19.0 Å². The van der Waals surface area contributed by atoms with E-state index < -0.39 is 50.7 Å². The van der Waals surface area contributed by atoms with Gasteiger partial charge in [0.05, 0.1) is 21.7 Å². The number of halogens is 6. The van der Waals surface area contributed by atoms with Crippen molar-refractivity contribution in [3.63, 3.8) is 0 Å². The number of benzene rings is 2. The lowest BCUT2D eigenvalue weighted by atomic mass is 10.0. The number of carbonyl (C=O) groups excluding carboxylic acids is 1. The first-order chi connectivity index (χ1) is 17.6. The molecule has 0 amide bonds. The van der Waals surface area contributed by atoms with E-state index in [9.17, 15) is 39.6 Å². The number of aromatic nitrogens is 2. The first-order valence-corrected chi connectivity index (χ1v) is 12.6. The zero-order valence-corrected chi connectivity index (χ0v) is 20.4. The average molecular weight is 556 g/mol. The molecule has 6 nitrogen and oxygen atoms in total. The van der Waals surface area contributed by atoms with E-state index in [1.165, 1.54) is 43.3 Å². The number of alkyl halides is 6. The van der Waals surface area contributed by atoms with E-state index in [4.69, 9.17) is 0 Å². The lowest BCUT2D eigenvalue weighted by Crippen LogP contribution is -2.25. The van der Waals surface area contributed by atoms with E-state index >= 15 is 0 Å². The molecule has 1 aliphatic rings. The van der Waals surface area contributed by atoms with E-state index in [1.807, 2.05) is 0 Å². The first-order valence-electron chi connectivity index (χ1n) is 11.1. The van der Waals surface area contributed by atoms with E-state index in [1.54, 1.807) is 0 Å². The fraction of sp³-hybridized carbons (Fsp3) is 0.240. The molecule has 1 saturated carbocycles. The second-order valence-electron chi connectivity index (χ2n) is 8.63. The maximum absolute atomic E-state index is 13.3. The van der Waals surface area contributed by atoms with Crippen LogP contribution in [0.5, 0.6) is 0 Å². The SMILES string of the molecule is CC(=O)/C(=C/c1ccnc(-c2cc(C(F)(F)F)cc(C(F)(F)F)c2)n1)c1ccc(S(=O)(=O)NC2CC2)cc1. The third-order valence-electron chi connectivity index (χ3n) is 5.57. The van der Waals surface area contributed by atoms with Gasteiger partial charge in [0.25, 0.3) is 0 Å². The van der Waals surface area contributed by atoms with Gasteiger partial charge < -0.3 is 0 Å². The number of hydrogen-bond donors (Lipinski definition) is 1. The average Bonchev–Trinajstić information content (AvgIpc) is 3.64. The number of carbonyl (C=O) groups is 1. The van der Waals surface area contributed by atoms with Gasteiger partial charge in [-0.05, 0) is 67.8 Å². The normalized spacial score (nSPS) is 15.0. The van der Waals surface area contributed by atoms with Crippen molar-refractivity contribution in [2.45, 2.75) is 43.1 Å². The molecule has 3 aromatic rings. The minimum atomic E-state index is -5.04. The smallest absolute Gasteiger partial charge is 0.294 e.